The van der Waals surface area contributed by atoms with Crippen LogP contribution >= 0.6 is 0 Å². The van der Waals surface area contributed by atoms with Crippen molar-refractivity contribution in [1.29, 1.82) is 0 Å². The molecule has 13 heteroatoms. The molecule has 13 heavy (non-hydrogen) atoms. The van der Waals surface area contributed by atoms with Crippen molar-refractivity contribution in [2.24, 2.45) is 0 Å². The fourth-order valence-electron chi connectivity index (χ4n) is 0. The van der Waals surface area contributed by atoms with Gasteiger partial charge in [-0.15, -0.1) is 0 Å². The predicted octanol–water partition coefficient (Wildman–Crippen LogP) is -5.87. The van der Waals surface area contributed by atoms with E-state index in [4.69, 9.17) is 31.8 Å². The fourth-order valence-corrected chi connectivity index (χ4v) is 0. The average Bonchev–Trinajstić information content (AvgIpc) is 1.92. The summed E-state index contributed by atoms with van der Waals surface area (Å²) in [6.07, 6.45) is 0. The molecule has 0 spiro atoms. The van der Waals surface area contributed by atoms with Gasteiger partial charge in [0.15, 0.2) is 0 Å². The van der Waals surface area contributed by atoms with Crippen LogP contribution in [0.3, 0.4) is 0 Å². The summed E-state index contributed by atoms with van der Waals surface area (Å²) in [5.74, 6) is 0. The van der Waals surface area contributed by atoms with Crippen LogP contribution in [0.1, 0.15) is 0 Å². The van der Waals surface area contributed by atoms with Crippen molar-refractivity contribution < 1.29 is 31.8 Å². The van der Waals surface area contributed by atoms with E-state index in [0.29, 0.717) is 0 Å². The molecule has 0 aliphatic rings. The molecule has 8 nitrogen and oxygen atoms in total. The molecule has 0 aromatic heterocycles. The summed E-state index contributed by atoms with van der Waals surface area (Å²) < 4.78 is 65.2. The minimum absolute atomic E-state index is 0. The summed E-state index contributed by atoms with van der Waals surface area (Å²) in [6, 6.07) is 0. The SMILES string of the molecule is [Ca+2].[O]=[Al][O-].[O]=[Al][O-].[O]=[Al][OH].[O]=[Al][OH]. The summed E-state index contributed by atoms with van der Waals surface area (Å²) in [7, 11) is 0. The van der Waals surface area contributed by atoms with Crippen molar-refractivity contribution in [3.8, 4) is 0 Å². The number of rotatable bonds is 0. The van der Waals surface area contributed by atoms with E-state index in [1.165, 1.54) is 0 Å². The van der Waals surface area contributed by atoms with Crippen molar-refractivity contribution in [3.63, 3.8) is 0 Å². The summed E-state index contributed by atoms with van der Waals surface area (Å²) in [5, 5.41) is 0. The van der Waals surface area contributed by atoms with Crippen LogP contribution in [-0.4, -0.2) is 108 Å². The van der Waals surface area contributed by atoms with Crippen LogP contribution in [0.5, 0.6) is 0 Å². The Kier molecular flexibility index (Phi) is 152. The van der Waals surface area contributed by atoms with Gasteiger partial charge in [-0.1, -0.05) is 0 Å². The summed E-state index contributed by atoms with van der Waals surface area (Å²) in [4.78, 5) is 0. The first kappa shape index (κ1) is 29.3. The maximum atomic E-state index is 8.57. The molecule has 0 saturated carbocycles. The van der Waals surface area contributed by atoms with Crippen molar-refractivity contribution in [2.75, 3.05) is 0 Å². The third-order valence-electron chi connectivity index (χ3n) is 0. The van der Waals surface area contributed by atoms with Gasteiger partial charge in [0.05, 0.1) is 0 Å². The molecule has 0 rings (SSSR count). The third kappa shape index (κ3) is 598. The van der Waals surface area contributed by atoms with E-state index in [0.717, 1.165) is 0 Å². The molecule has 0 aromatic rings. The second kappa shape index (κ2) is 67.3. The molecule has 0 aliphatic carbocycles. The fraction of sp³-hybridized carbons (Fsp3) is 0. The first-order chi connectivity index (χ1) is 5.66. The zero-order chi connectivity index (χ0) is 10.8. The molecular weight excluding hydrogens is 276 g/mol. The van der Waals surface area contributed by atoms with Gasteiger partial charge in [-0.2, -0.15) is 0 Å². The van der Waals surface area contributed by atoms with Crippen LogP contribution in [0.15, 0.2) is 0 Å². The van der Waals surface area contributed by atoms with Crippen LogP contribution in [0.25, 0.3) is 0 Å². The van der Waals surface area contributed by atoms with Crippen LogP contribution in [0, 0.1) is 0 Å². The van der Waals surface area contributed by atoms with E-state index in [9.17, 15) is 0 Å². The molecule has 64 valence electrons. The summed E-state index contributed by atoms with van der Waals surface area (Å²) in [6.45, 7) is 0. The van der Waals surface area contributed by atoms with E-state index < -0.39 is 61.9 Å². The molecule has 0 fully saturated rings. The Balaban J connectivity index is -0.0000000213. The van der Waals surface area contributed by atoms with Gasteiger partial charge in [0, 0.05) is 0 Å². The number of hydrogen-bond donors (Lipinski definition) is 2. The van der Waals surface area contributed by atoms with Gasteiger partial charge < -0.3 is 0 Å². The van der Waals surface area contributed by atoms with E-state index in [1.54, 1.807) is 0 Å². The average molecular weight is 278 g/mol. The molecule has 2 N–H and O–H groups in total. The Labute approximate surface area is 129 Å². The zero-order valence-corrected chi connectivity index (χ0v) is 13.2. The van der Waals surface area contributed by atoms with Crippen molar-refractivity contribution in [2.45, 2.75) is 0 Å². The molecule has 0 radical (unpaired) electrons. The topological polar surface area (TPSA) is 155 Å². The minimum atomic E-state index is -1.75. The van der Waals surface area contributed by atoms with Crippen molar-refractivity contribution in [3.05, 3.63) is 0 Å². The quantitative estimate of drug-likeness (QED) is 0.415. The van der Waals surface area contributed by atoms with Gasteiger partial charge in [-0.25, -0.2) is 0 Å². The van der Waals surface area contributed by atoms with Crippen molar-refractivity contribution >= 4 is 99.7 Å². The Hall–Kier alpha value is 1.79. The van der Waals surface area contributed by atoms with Gasteiger partial charge in [0.1, 0.15) is 0 Å². The van der Waals surface area contributed by atoms with Gasteiger partial charge >= 0.3 is 132 Å². The Morgan fingerprint density at radius 2 is 0.769 bits per heavy atom. The van der Waals surface area contributed by atoms with Crippen LogP contribution in [0.4, 0.5) is 0 Å². The predicted molar refractivity (Wildman–Crippen MR) is 36.0 cm³/mol. The third-order valence-corrected chi connectivity index (χ3v) is 0. The Morgan fingerprint density at radius 1 is 0.769 bits per heavy atom. The zero-order valence-electron chi connectivity index (χ0n) is 6.36. The van der Waals surface area contributed by atoms with Crippen LogP contribution in [-0.2, 0) is 15.2 Å². The maximum absolute atomic E-state index is 8.57. The second-order valence-corrected chi connectivity index (χ2v) is 1.21. The van der Waals surface area contributed by atoms with Gasteiger partial charge in [0.25, 0.3) is 0 Å². The first-order valence-corrected chi connectivity index (χ1v) is 5.79. The normalized spacial score (nSPS) is 2.46. The monoisotopic (exact) mass is 278 g/mol. The standard InChI is InChI=1S/4Al.Ca.2H2O.6O/h;;;;;2*1H2;;;;;;/q;;2*+1;+2;;;;;;;2*-1/p-2. The van der Waals surface area contributed by atoms with Crippen LogP contribution in [0.2, 0.25) is 0 Å². The second-order valence-electron chi connectivity index (χ2n) is 0.403. The molecule has 0 bridgehead atoms. The van der Waals surface area contributed by atoms with E-state index in [-0.39, 0.29) is 37.7 Å². The molecule has 0 saturated heterocycles. The molecule has 0 heterocycles. The van der Waals surface area contributed by atoms with Crippen molar-refractivity contribution in [1.82, 2.24) is 0 Å². The molecule has 0 atom stereocenters. The Morgan fingerprint density at radius 3 is 0.769 bits per heavy atom. The molecule has 0 aromatic carbocycles. The van der Waals surface area contributed by atoms with E-state index in [2.05, 4.69) is 0 Å². The Bertz CT molecular complexity index is 70.1. The van der Waals surface area contributed by atoms with Gasteiger partial charge in [0.2, 0.25) is 0 Å². The molecular formula is H2Al4CaO8. The van der Waals surface area contributed by atoms with Crippen LogP contribution < -0.4 is 8.32 Å². The number of hydrogen-bond acceptors (Lipinski definition) is 6. The first-order valence-electron chi connectivity index (χ1n) is 1.93. The van der Waals surface area contributed by atoms with Gasteiger partial charge in [-0.3, -0.25) is 0 Å². The van der Waals surface area contributed by atoms with E-state index in [1.807, 2.05) is 0 Å². The van der Waals surface area contributed by atoms with Gasteiger partial charge in [-0.05, 0) is 0 Å². The molecule has 0 amide bonds. The summed E-state index contributed by atoms with van der Waals surface area (Å²) in [5.41, 5.74) is 0. The molecule has 0 unspecified atom stereocenters. The summed E-state index contributed by atoms with van der Waals surface area (Å²) >= 11 is -6.50. The molecule has 0 aliphatic heterocycles. The van der Waals surface area contributed by atoms with E-state index >= 15 is 0 Å².